The zero-order valence-corrected chi connectivity index (χ0v) is 13.9. The maximum Gasteiger partial charge on any atom is 0.264 e. The van der Waals surface area contributed by atoms with E-state index in [0.29, 0.717) is 27.3 Å². The maximum atomic E-state index is 12.1. The molecule has 0 unspecified atom stereocenters. The molecule has 3 aromatic rings. The van der Waals surface area contributed by atoms with Gasteiger partial charge in [0.05, 0.1) is 27.9 Å². The molecule has 1 aliphatic rings. The Labute approximate surface area is 144 Å². The van der Waals surface area contributed by atoms with Crippen LogP contribution in [0.3, 0.4) is 0 Å². The fourth-order valence-electron chi connectivity index (χ4n) is 2.42. The largest absolute Gasteiger partial charge is 0.470 e. The number of nitrogens with zero attached hydrogens (tertiary/aromatic N) is 5. The summed E-state index contributed by atoms with van der Waals surface area (Å²) in [7, 11) is 0. The quantitative estimate of drug-likeness (QED) is 0.734. The first-order valence-corrected chi connectivity index (χ1v) is 8.09. The van der Waals surface area contributed by atoms with E-state index >= 15 is 0 Å². The Morgan fingerprint density at radius 1 is 1.46 bits per heavy atom. The van der Waals surface area contributed by atoms with E-state index in [1.54, 1.807) is 10.9 Å². The van der Waals surface area contributed by atoms with Gasteiger partial charge >= 0.3 is 0 Å². The lowest BCUT2D eigenvalue weighted by Crippen LogP contribution is -2.10. The van der Waals surface area contributed by atoms with Crippen LogP contribution in [0.4, 0.5) is 0 Å². The summed E-state index contributed by atoms with van der Waals surface area (Å²) in [6.45, 7) is 0.0562. The monoisotopic (exact) mass is 386 g/mol. The SMILES string of the molecule is N#Cc1cn(C2CC2)nc1COc1ncc(Br)c2nc[nH]c(=O)c12. The van der Waals surface area contributed by atoms with Crippen LogP contribution < -0.4 is 10.3 Å². The summed E-state index contributed by atoms with van der Waals surface area (Å²) in [6.07, 6.45) is 6.74. The Bertz CT molecular complexity index is 1030. The summed E-state index contributed by atoms with van der Waals surface area (Å²) in [5.41, 5.74) is 1.12. The third-order valence-corrected chi connectivity index (χ3v) is 4.36. The highest BCUT2D eigenvalue weighted by Gasteiger charge is 2.26. The van der Waals surface area contributed by atoms with Gasteiger partial charge in [-0.25, -0.2) is 9.97 Å². The average Bonchev–Trinajstić information content (AvgIpc) is 3.35. The smallest absolute Gasteiger partial charge is 0.264 e. The van der Waals surface area contributed by atoms with Gasteiger partial charge in [0.25, 0.3) is 5.56 Å². The van der Waals surface area contributed by atoms with Crippen LogP contribution >= 0.6 is 15.9 Å². The number of aromatic nitrogens is 5. The summed E-state index contributed by atoms with van der Waals surface area (Å²) in [6, 6.07) is 2.50. The van der Waals surface area contributed by atoms with Gasteiger partial charge in [0.15, 0.2) is 0 Å². The fraction of sp³-hybridized carbons (Fsp3) is 0.267. The third-order valence-electron chi connectivity index (χ3n) is 3.78. The van der Waals surface area contributed by atoms with Crippen LogP contribution in [0.1, 0.15) is 30.1 Å². The summed E-state index contributed by atoms with van der Waals surface area (Å²) < 4.78 is 8.09. The van der Waals surface area contributed by atoms with E-state index in [1.165, 1.54) is 12.5 Å². The van der Waals surface area contributed by atoms with Crippen LogP contribution in [-0.4, -0.2) is 24.7 Å². The summed E-state index contributed by atoms with van der Waals surface area (Å²) in [5, 5.41) is 13.9. The lowest BCUT2D eigenvalue weighted by molar-refractivity contribution is 0.291. The molecule has 3 aromatic heterocycles. The van der Waals surface area contributed by atoms with Gasteiger partial charge in [0.2, 0.25) is 5.88 Å². The molecule has 0 bridgehead atoms. The molecule has 1 N–H and O–H groups in total. The Balaban J connectivity index is 1.68. The Morgan fingerprint density at radius 2 is 2.29 bits per heavy atom. The molecule has 0 radical (unpaired) electrons. The molecule has 0 aromatic carbocycles. The lowest BCUT2D eigenvalue weighted by Gasteiger charge is -2.07. The van der Waals surface area contributed by atoms with Gasteiger partial charge in [-0.05, 0) is 28.8 Å². The van der Waals surface area contributed by atoms with Crippen molar-refractivity contribution in [3.8, 4) is 11.9 Å². The van der Waals surface area contributed by atoms with Gasteiger partial charge in [-0.2, -0.15) is 10.4 Å². The second-order valence-corrected chi connectivity index (χ2v) is 6.32. The Hall–Kier alpha value is -2.73. The molecule has 0 amide bonds. The first-order valence-electron chi connectivity index (χ1n) is 7.30. The van der Waals surface area contributed by atoms with Crippen molar-refractivity contribution in [3.63, 3.8) is 0 Å². The first kappa shape index (κ1) is 14.8. The fourth-order valence-corrected chi connectivity index (χ4v) is 2.82. The van der Waals surface area contributed by atoms with E-state index in [1.807, 2.05) is 0 Å². The third kappa shape index (κ3) is 2.55. The number of hydrogen-bond donors (Lipinski definition) is 1. The molecule has 1 fully saturated rings. The number of rotatable bonds is 4. The first-order chi connectivity index (χ1) is 11.7. The molecule has 120 valence electrons. The molecular formula is C15H11BrN6O2. The van der Waals surface area contributed by atoms with E-state index in [2.05, 4.69) is 42.0 Å². The highest BCUT2D eigenvalue weighted by Crippen LogP contribution is 2.34. The van der Waals surface area contributed by atoms with Crippen molar-refractivity contribution >= 4 is 26.8 Å². The molecule has 9 heteroatoms. The average molecular weight is 387 g/mol. The molecule has 1 saturated carbocycles. The van der Waals surface area contributed by atoms with Crippen molar-refractivity contribution in [2.75, 3.05) is 0 Å². The predicted molar refractivity (Wildman–Crippen MR) is 87.4 cm³/mol. The summed E-state index contributed by atoms with van der Waals surface area (Å²) in [5.74, 6) is 0.160. The van der Waals surface area contributed by atoms with Crippen LogP contribution in [0.25, 0.3) is 10.9 Å². The molecular weight excluding hydrogens is 376 g/mol. The molecule has 3 heterocycles. The van der Waals surface area contributed by atoms with Crippen LogP contribution in [0.15, 0.2) is 28.0 Å². The number of nitrogens with one attached hydrogen (secondary N) is 1. The van der Waals surface area contributed by atoms with Gasteiger partial charge in [0.1, 0.15) is 23.8 Å². The van der Waals surface area contributed by atoms with Crippen LogP contribution in [0.2, 0.25) is 0 Å². The summed E-state index contributed by atoms with van der Waals surface area (Å²) >= 11 is 3.32. The van der Waals surface area contributed by atoms with E-state index in [9.17, 15) is 10.1 Å². The van der Waals surface area contributed by atoms with Crippen LogP contribution in [0.5, 0.6) is 5.88 Å². The molecule has 0 spiro atoms. The number of pyridine rings is 1. The normalized spacial score (nSPS) is 13.8. The minimum atomic E-state index is -0.340. The van der Waals surface area contributed by atoms with Crippen molar-refractivity contribution in [2.45, 2.75) is 25.5 Å². The topological polar surface area (TPSA) is 109 Å². The van der Waals surface area contributed by atoms with Crippen LogP contribution in [0, 0.1) is 11.3 Å². The summed E-state index contributed by atoms with van der Waals surface area (Å²) in [4.78, 5) is 22.9. The predicted octanol–water partition coefficient (Wildman–Crippen LogP) is 2.06. The minimum Gasteiger partial charge on any atom is -0.470 e. The van der Waals surface area contributed by atoms with Crippen molar-refractivity contribution in [1.82, 2.24) is 24.7 Å². The Kier molecular flexibility index (Phi) is 3.54. The van der Waals surface area contributed by atoms with Gasteiger partial charge in [-0.15, -0.1) is 0 Å². The Morgan fingerprint density at radius 3 is 3.04 bits per heavy atom. The number of halogens is 1. The van der Waals surface area contributed by atoms with Gasteiger partial charge < -0.3 is 9.72 Å². The number of fused-ring (bicyclic) bond motifs is 1. The molecule has 0 saturated heterocycles. The van der Waals surface area contributed by atoms with Crippen molar-refractivity contribution < 1.29 is 4.74 Å². The number of hydrogen-bond acceptors (Lipinski definition) is 6. The minimum absolute atomic E-state index is 0.0562. The molecule has 24 heavy (non-hydrogen) atoms. The van der Waals surface area contributed by atoms with Crippen molar-refractivity contribution in [1.29, 1.82) is 5.26 Å². The highest BCUT2D eigenvalue weighted by atomic mass is 79.9. The van der Waals surface area contributed by atoms with Crippen molar-refractivity contribution in [2.24, 2.45) is 0 Å². The number of H-pyrrole nitrogens is 1. The molecule has 0 atom stereocenters. The molecule has 8 nitrogen and oxygen atoms in total. The number of aromatic amines is 1. The van der Waals surface area contributed by atoms with Crippen LogP contribution in [-0.2, 0) is 6.61 Å². The lowest BCUT2D eigenvalue weighted by atomic mass is 10.3. The van der Waals surface area contributed by atoms with Gasteiger partial charge in [0, 0.05) is 12.4 Å². The standard InChI is InChI=1S/C15H11BrN6O2/c16-10-4-18-15(12-13(10)19-7-20-14(12)23)24-6-11-8(3-17)5-22(21-11)9-1-2-9/h4-5,7,9H,1-2,6H2,(H,19,20,23). The van der Waals surface area contributed by atoms with E-state index in [4.69, 9.17) is 4.74 Å². The zero-order valence-electron chi connectivity index (χ0n) is 12.4. The molecule has 0 aliphatic heterocycles. The second-order valence-electron chi connectivity index (χ2n) is 5.47. The van der Waals surface area contributed by atoms with Gasteiger partial charge in [-0.1, -0.05) is 0 Å². The molecule has 4 rings (SSSR count). The van der Waals surface area contributed by atoms with E-state index in [-0.39, 0.29) is 23.4 Å². The maximum absolute atomic E-state index is 12.1. The molecule has 1 aliphatic carbocycles. The van der Waals surface area contributed by atoms with Crippen molar-refractivity contribution in [3.05, 3.63) is 44.8 Å². The highest BCUT2D eigenvalue weighted by molar-refractivity contribution is 9.10. The number of nitriles is 1. The van der Waals surface area contributed by atoms with E-state index < -0.39 is 0 Å². The second kappa shape index (κ2) is 5.72. The van der Waals surface area contributed by atoms with Gasteiger partial charge in [-0.3, -0.25) is 9.48 Å². The zero-order chi connectivity index (χ0) is 16.7. The number of ether oxygens (including phenoxy) is 1. The van der Waals surface area contributed by atoms with E-state index in [0.717, 1.165) is 12.8 Å².